The standard InChI is InChI=1S/C13H18N2/c14-8-10-7-13(9-5-6-9)15-12-4-2-1-3-11(10)12/h1-4,9-10,13,15H,5-8,14H2. The number of hydrogen-bond acceptors (Lipinski definition) is 2. The average molecular weight is 202 g/mol. The number of para-hydroxylation sites is 1. The third-order valence-electron chi connectivity index (χ3n) is 3.76. The third-order valence-corrected chi connectivity index (χ3v) is 3.76. The van der Waals surface area contributed by atoms with E-state index in [2.05, 4.69) is 29.6 Å². The van der Waals surface area contributed by atoms with Crippen LogP contribution in [0.1, 0.15) is 30.7 Å². The number of nitrogens with two attached hydrogens (primary N) is 1. The Morgan fingerprint density at radius 3 is 2.80 bits per heavy atom. The van der Waals surface area contributed by atoms with Gasteiger partial charge in [-0.05, 0) is 43.4 Å². The average Bonchev–Trinajstić information content (AvgIpc) is 3.11. The molecule has 1 aliphatic heterocycles. The molecular weight excluding hydrogens is 184 g/mol. The molecule has 80 valence electrons. The molecular formula is C13H18N2. The maximum Gasteiger partial charge on any atom is 0.0378 e. The van der Waals surface area contributed by atoms with Gasteiger partial charge in [0.2, 0.25) is 0 Å². The van der Waals surface area contributed by atoms with Crippen molar-refractivity contribution in [2.75, 3.05) is 11.9 Å². The molecule has 0 bridgehead atoms. The molecule has 0 spiro atoms. The lowest BCUT2D eigenvalue weighted by Gasteiger charge is -2.32. The molecule has 15 heavy (non-hydrogen) atoms. The van der Waals surface area contributed by atoms with E-state index in [1.165, 1.54) is 30.5 Å². The van der Waals surface area contributed by atoms with Gasteiger partial charge in [-0.3, -0.25) is 0 Å². The van der Waals surface area contributed by atoms with E-state index in [-0.39, 0.29) is 0 Å². The molecule has 2 atom stereocenters. The lowest BCUT2D eigenvalue weighted by molar-refractivity contribution is 0.497. The predicted molar refractivity (Wildman–Crippen MR) is 63.0 cm³/mol. The van der Waals surface area contributed by atoms with Crippen LogP contribution in [0.4, 0.5) is 5.69 Å². The molecule has 1 aromatic rings. The molecule has 0 radical (unpaired) electrons. The fraction of sp³-hybridized carbons (Fsp3) is 0.538. The van der Waals surface area contributed by atoms with Gasteiger partial charge in [0.25, 0.3) is 0 Å². The monoisotopic (exact) mass is 202 g/mol. The number of rotatable bonds is 2. The van der Waals surface area contributed by atoms with E-state index in [4.69, 9.17) is 5.73 Å². The summed E-state index contributed by atoms with van der Waals surface area (Å²) in [6.45, 7) is 0.780. The first-order chi connectivity index (χ1) is 7.38. The van der Waals surface area contributed by atoms with E-state index in [0.29, 0.717) is 12.0 Å². The van der Waals surface area contributed by atoms with E-state index in [1.807, 2.05) is 0 Å². The summed E-state index contributed by atoms with van der Waals surface area (Å²) in [6.07, 6.45) is 4.02. The topological polar surface area (TPSA) is 38.0 Å². The maximum atomic E-state index is 5.87. The minimum atomic E-state index is 0.563. The number of benzene rings is 1. The molecule has 2 heteroatoms. The van der Waals surface area contributed by atoms with Gasteiger partial charge in [-0.15, -0.1) is 0 Å². The van der Waals surface area contributed by atoms with E-state index in [0.717, 1.165) is 12.5 Å². The Kier molecular flexibility index (Phi) is 2.17. The van der Waals surface area contributed by atoms with Crippen LogP contribution in [0.15, 0.2) is 24.3 Å². The smallest absolute Gasteiger partial charge is 0.0378 e. The first-order valence-corrected chi connectivity index (χ1v) is 5.94. The fourth-order valence-electron chi connectivity index (χ4n) is 2.71. The summed E-state index contributed by atoms with van der Waals surface area (Å²) in [5, 5.41) is 3.67. The van der Waals surface area contributed by atoms with Gasteiger partial charge in [0.1, 0.15) is 0 Å². The van der Waals surface area contributed by atoms with Crippen LogP contribution in [0.25, 0.3) is 0 Å². The van der Waals surface area contributed by atoms with Crippen molar-refractivity contribution >= 4 is 5.69 Å². The molecule has 2 aliphatic rings. The number of anilines is 1. The zero-order valence-corrected chi connectivity index (χ0v) is 8.95. The Morgan fingerprint density at radius 1 is 1.27 bits per heavy atom. The molecule has 3 rings (SSSR count). The Labute approximate surface area is 90.9 Å². The summed E-state index contributed by atoms with van der Waals surface area (Å²) >= 11 is 0. The summed E-state index contributed by atoms with van der Waals surface area (Å²) in [5.41, 5.74) is 8.60. The Bertz CT molecular complexity index is 357. The molecule has 2 nitrogen and oxygen atoms in total. The quantitative estimate of drug-likeness (QED) is 0.772. The molecule has 3 N–H and O–H groups in total. The molecule has 2 unspecified atom stereocenters. The summed E-state index contributed by atoms with van der Waals surface area (Å²) in [7, 11) is 0. The minimum Gasteiger partial charge on any atom is -0.382 e. The highest BCUT2D eigenvalue weighted by Gasteiger charge is 2.36. The van der Waals surface area contributed by atoms with Crippen LogP contribution in [-0.2, 0) is 0 Å². The van der Waals surface area contributed by atoms with Crippen LogP contribution in [0.2, 0.25) is 0 Å². The van der Waals surface area contributed by atoms with Gasteiger partial charge >= 0.3 is 0 Å². The molecule has 0 aromatic heterocycles. The van der Waals surface area contributed by atoms with Crippen molar-refractivity contribution in [1.29, 1.82) is 0 Å². The Morgan fingerprint density at radius 2 is 2.07 bits per heavy atom. The largest absolute Gasteiger partial charge is 0.382 e. The lowest BCUT2D eigenvalue weighted by atomic mass is 9.85. The van der Waals surface area contributed by atoms with Gasteiger partial charge in [0.15, 0.2) is 0 Å². The molecule has 1 aromatic carbocycles. The van der Waals surface area contributed by atoms with Crippen molar-refractivity contribution in [3.63, 3.8) is 0 Å². The van der Waals surface area contributed by atoms with E-state index >= 15 is 0 Å². The van der Waals surface area contributed by atoms with Crippen molar-refractivity contribution in [1.82, 2.24) is 0 Å². The van der Waals surface area contributed by atoms with Gasteiger partial charge in [-0.25, -0.2) is 0 Å². The molecule has 0 saturated heterocycles. The summed E-state index contributed by atoms with van der Waals surface area (Å²) < 4.78 is 0. The second-order valence-electron chi connectivity index (χ2n) is 4.84. The van der Waals surface area contributed by atoms with Crippen LogP contribution >= 0.6 is 0 Å². The Balaban J connectivity index is 1.91. The van der Waals surface area contributed by atoms with E-state index in [9.17, 15) is 0 Å². The number of nitrogens with one attached hydrogen (secondary N) is 1. The molecule has 1 aliphatic carbocycles. The van der Waals surface area contributed by atoms with Crippen LogP contribution < -0.4 is 11.1 Å². The first-order valence-electron chi connectivity index (χ1n) is 5.94. The van der Waals surface area contributed by atoms with Gasteiger partial charge in [0.05, 0.1) is 0 Å². The maximum absolute atomic E-state index is 5.87. The fourth-order valence-corrected chi connectivity index (χ4v) is 2.71. The summed E-state index contributed by atoms with van der Waals surface area (Å²) in [5.74, 6) is 1.47. The van der Waals surface area contributed by atoms with Gasteiger partial charge in [0, 0.05) is 17.6 Å². The second kappa shape index (κ2) is 3.53. The van der Waals surface area contributed by atoms with Crippen molar-refractivity contribution in [3.05, 3.63) is 29.8 Å². The Hall–Kier alpha value is -1.02. The number of fused-ring (bicyclic) bond motifs is 1. The van der Waals surface area contributed by atoms with Gasteiger partial charge in [-0.1, -0.05) is 18.2 Å². The van der Waals surface area contributed by atoms with Crippen LogP contribution in [-0.4, -0.2) is 12.6 Å². The third kappa shape index (κ3) is 1.63. The summed E-state index contributed by atoms with van der Waals surface area (Å²) in [4.78, 5) is 0. The van der Waals surface area contributed by atoms with Crippen molar-refractivity contribution < 1.29 is 0 Å². The van der Waals surface area contributed by atoms with Crippen LogP contribution in [0.5, 0.6) is 0 Å². The zero-order chi connectivity index (χ0) is 10.3. The van der Waals surface area contributed by atoms with Crippen LogP contribution in [0.3, 0.4) is 0 Å². The highest BCUT2D eigenvalue weighted by Crippen LogP contribution is 2.42. The molecule has 1 heterocycles. The molecule has 1 fully saturated rings. The second-order valence-corrected chi connectivity index (χ2v) is 4.84. The van der Waals surface area contributed by atoms with E-state index in [1.54, 1.807) is 0 Å². The van der Waals surface area contributed by atoms with Gasteiger partial charge in [-0.2, -0.15) is 0 Å². The van der Waals surface area contributed by atoms with Crippen molar-refractivity contribution in [2.45, 2.75) is 31.2 Å². The first kappa shape index (κ1) is 9.22. The molecule has 0 amide bonds. The lowest BCUT2D eigenvalue weighted by Crippen LogP contribution is -2.32. The highest BCUT2D eigenvalue weighted by molar-refractivity contribution is 5.56. The predicted octanol–water partition coefficient (Wildman–Crippen LogP) is 2.32. The van der Waals surface area contributed by atoms with E-state index < -0.39 is 0 Å². The highest BCUT2D eigenvalue weighted by atomic mass is 15.0. The molecule has 1 saturated carbocycles. The van der Waals surface area contributed by atoms with Crippen molar-refractivity contribution in [2.24, 2.45) is 11.7 Å². The zero-order valence-electron chi connectivity index (χ0n) is 8.95. The van der Waals surface area contributed by atoms with Crippen LogP contribution in [0, 0.1) is 5.92 Å². The normalized spacial score (nSPS) is 29.4. The SMILES string of the molecule is NCC1CC(C2CC2)Nc2ccccc21. The van der Waals surface area contributed by atoms with Gasteiger partial charge < -0.3 is 11.1 Å². The van der Waals surface area contributed by atoms with Crippen molar-refractivity contribution in [3.8, 4) is 0 Å². The minimum absolute atomic E-state index is 0.563. The summed E-state index contributed by atoms with van der Waals surface area (Å²) in [6, 6.07) is 9.29. The number of hydrogen-bond donors (Lipinski definition) is 2.